The molecule has 0 aliphatic carbocycles. The zero-order chi connectivity index (χ0) is 9.47. The lowest BCUT2D eigenvalue weighted by molar-refractivity contribution is -0.0440. The van der Waals surface area contributed by atoms with Gasteiger partial charge in [-0.05, 0) is 13.3 Å². The van der Waals surface area contributed by atoms with Gasteiger partial charge in [0.1, 0.15) is 6.67 Å². The number of alkyl halides is 1. The second-order valence-corrected chi connectivity index (χ2v) is 4.36. The summed E-state index contributed by atoms with van der Waals surface area (Å²) in [7, 11) is 0. The maximum atomic E-state index is 12.1. The second kappa shape index (κ2) is 3.19. The number of β-amino-alcohol motifs (C(OH)–C–C–N with tert-alkyl or cyclic N) is 1. The minimum atomic E-state index is -0.831. The average molecular weight is 189 g/mol. The molecule has 0 aromatic heterocycles. The van der Waals surface area contributed by atoms with Crippen molar-refractivity contribution in [3.8, 4) is 0 Å². The van der Waals surface area contributed by atoms with E-state index in [9.17, 15) is 9.50 Å². The number of aliphatic hydroxyl groups is 1. The zero-order valence-corrected chi connectivity index (χ0v) is 7.87. The molecular formula is C9H16FNO2. The topological polar surface area (TPSA) is 32.7 Å². The summed E-state index contributed by atoms with van der Waals surface area (Å²) in [5, 5.41) is 9.17. The molecule has 0 aromatic carbocycles. The molecule has 76 valence electrons. The number of halogens is 1. The van der Waals surface area contributed by atoms with E-state index in [-0.39, 0.29) is 5.60 Å². The molecule has 1 N–H and O–H groups in total. The van der Waals surface area contributed by atoms with E-state index in [1.54, 1.807) is 0 Å². The molecular weight excluding hydrogens is 173 g/mol. The van der Waals surface area contributed by atoms with Gasteiger partial charge in [0.2, 0.25) is 0 Å². The molecule has 0 saturated carbocycles. The van der Waals surface area contributed by atoms with Crippen molar-refractivity contribution in [1.82, 2.24) is 4.90 Å². The Morgan fingerprint density at radius 1 is 1.77 bits per heavy atom. The Morgan fingerprint density at radius 3 is 3.00 bits per heavy atom. The summed E-state index contributed by atoms with van der Waals surface area (Å²) < 4.78 is 17.6. The van der Waals surface area contributed by atoms with Crippen LogP contribution in [0.15, 0.2) is 0 Å². The summed E-state index contributed by atoms with van der Waals surface area (Å²) >= 11 is 0. The molecule has 0 aromatic rings. The number of likely N-dealkylation sites (tertiary alicyclic amines) is 1. The lowest BCUT2D eigenvalue weighted by Gasteiger charge is -2.31. The maximum Gasteiger partial charge on any atom is 0.117 e. The van der Waals surface area contributed by atoms with Crippen LogP contribution in [0.2, 0.25) is 0 Å². The highest BCUT2D eigenvalue weighted by Gasteiger charge is 2.47. The second-order valence-electron chi connectivity index (χ2n) is 4.36. The van der Waals surface area contributed by atoms with Crippen molar-refractivity contribution in [2.75, 3.05) is 26.4 Å². The Hall–Kier alpha value is -0.190. The van der Waals surface area contributed by atoms with Crippen LogP contribution in [0.25, 0.3) is 0 Å². The Bertz CT molecular complexity index is 202. The lowest BCUT2D eigenvalue weighted by Crippen LogP contribution is -2.44. The summed E-state index contributed by atoms with van der Waals surface area (Å²) in [5.74, 6) is 0. The highest BCUT2D eigenvalue weighted by atomic mass is 19.1. The number of nitrogens with zero attached hydrogens (tertiary/aromatic N) is 1. The van der Waals surface area contributed by atoms with Gasteiger partial charge in [-0.1, -0.05) is 0 Å². The van der Waals surface area contributed by atoms with Crippen LogP contribution < -0.4 is 0 Å². The molecule has 0 amide bonds. The maximum absolute atomic E-state index is 12.1. The molecule has 2 bridgehead atoms. The van der Waals surface area contributed by atoms with Crippen molar-refractivity contribution in [2.24, 2.45) is 0 Å². The van der Waals surface area contributed by atoms with Crippen molar-refractivity contribution in [3.63, 3.8) is 0 Å². The van der Waals surface area contributed by atoms with E-state index in [0.717, 1.165) is 19.6 Å². The van der Waals surface area contributed by atoms with E-state index in [4.69, 9.17) is 4.74 Å². The standard InChI is InChI=1S/C9H16FNO2/c1-9-2-7(5-13-9)11(6-9)4-8(12)3-10/h7-8,12H,2-6H2,1H3. The van der Waals surface area contributed by atoms with Gasteiger partial charge in [0.15, 0.2) is 0 Å². The molecule has 13 heavy (non-hydrogen) atoms. The van der Waals surface area contributed by atoms with Crippen LogP contribution in [0.1, 0.15) is 13.3 Å². The molecule has 2 fully saturated rings. The number of aliphatic hydroxyl groups excluding tert-OH is 1. The Morgan fingerprint density at radius 2 is 2.54 bits per heavy atom. The SMILES string of the molecule is CC12CC(CO1)N(CC(O)CF)C2. The van der Waals surface area contributed by atoms with Gasteiger partial charge in [-0.3, -0.25) is 4.90 Å². The first-order valence-corrected chi connectivity index (χ1v) is 4.75. The predicted molar refractivity (Wildman–Crippen MR) is 46.3 cm³/mol. The summed E-state index contributed by atoms with van der Waals surface area (Å²) in [6, 6.07) is 0.395. The summed E-state index contributed by atoms with van der Waals surface area (Å²) in [6.45, 7) is 3.43. The first-order chi connectivity index (χ1) is 6.13. The molecule has 4 heteroatoms. The fraction of sp³-hybridized carbons (Fsp3) is 1.00. The Balaban J connectivity index is 1.90. The van der Waals surface area contributed by atoms with Crippen molar-refractivity contribution in [3.05, 3.63) is 0 Å². The smallest absolute Gasteiger partial charge is 0.117 e. The van der Waals surface area contributed by atoms with Gasteiger partial charge in [-0.25, -0.2) is 4.39 Å². The number of ether oxygens (including phenoxy) is 1. The monoisotopic (exact) mass is 189 g/mol. The molecule has 2 aliphatic heterocycles. The number of morpholine rings is 1. The molecule has 0 spiro atoms. The molecule has 3 unspecified atom stereocenters. The lowest BCUT2D eigenvalue weighted by atomic mass is 10.1. The number of hydrogen-bond acceptors (Lipinski definition) is 3. The molecule has 2 saturated heterocycles. The number of rotatable bonds is 3. The van der Waals surface area contributed by atoms with Crippen LogP contribution in [-0.2, 0) is 4.74 Å². The van der Waals surface area contributed by atoms with E-state index in [1.165, 1.54) is 0 Å². The van der Waals surface area contributed by atoms with Crippen LogP contribution in [0.3, 0.4) is 0 Å². The van der Waals surface area contributed by atoms with E-state index in [1.807, 2.05) is 0 Å². The quantitative estimate of drug-likeness (QED) is 0.687. The van der Waals surface area contributed by atoms with Crippen molar-refractivity contribution < 1.29 is 14.2 Å². The van der Waals surface area contributed by atoms with Gasteiger partial charge >= 0.3 is 0 Å². The van der Waals surface area contributed by atoms with Gasteiger partial charge in [-0.2, -0.15) is 0 Å². The van der Waals surface area contributed by atoms with Crippen molar-refractivity contribution in [1.29, 1.82) is 0 Å². The number of fused-ring (bicyclic) bond motifs is 2. The van der Waals surface area contributed by atoms with E-state index >= 15 is 0 Å². The van der Waals surface area contributed by atoms with Crippen molar-refractivity contribution >= 4 is 0 Å². The molecule has 2 aliphatic rings. The summed E-state index contributed by atoms with van der Waals surface area (Å²) in [6.07, 6.45) is 0.189. The zero-order valence-electron chi connectivity index (χ0n) is 7.87. The van der Waals surface area contributed by atoms with Crippen molar-refractivity contribution in [2.45, 2.75) is 31.1 Å². The third-order valence-corrected chi connectivity index (χ3v) is 2.97. The van der Waals surface area contributed by atoms with Gasteiger partial charge < -0.3 is 9.84 Å². The third-order valence-electron chi connectivity index (χ3n) is 2.97. The third kappa shape index (κ3) is 1.71. The molecule has 2 heterocycles. The highest BCUT2D eigenvalue weighted by molar-refractivity contribution is 5.00. The van der Waals surface area contributed by atoms with Gasteiger partial charge in [0, 0.05) is 19.1 Å². The van der Waals surface area contributed by atoms with Gasteiger partial charge in [0.05, 0.1) is 18.3 Å². The normalized spacial score (nSPS) is 41.3. The average Bonchev–Trinajstić information content (AvgIpc) is 2.59. The fourth-order valence-corrected chi connectivity index (χ4v) is 2.35. The number of hydrogen-bond donors (Lipinski definition) is 1. The first kappa shape index (κ1) is 9.37. The van der Waals surface area contributed by atoms with Crippen LogP contribution in [-0.4, -0.2) is 54.1 Å². The van der Waals surface area contributed by atoms with Crippen LogP contribution in [0, 0.1) is 0 Å². The minimum absolute atomic E-state index is 0.0410. The molecule has 2 rings (SSSR count). The highest BCUT2D eigenvalue weighted by Crippen LogP contribution is 2.36. The van der Waals surface area contributed by atoms with Crippen LogP contribution in [0.5, 0.6) is 0 Å². The van der Waals surface area contributed by atoms with E-state index in [0.29, 0.717) is 12.6 Å². The fourth-order valence-electron chi connectivity index (χ4n) is 2.35. The Labute approximate surface area is 77.5 Å². The molecule has 3 nitrogen and oxygen atoms in total. The molecule has 0 radical (unpaired) electrons. The summed E-state index contributed by atoms with van der Waals surface area (Å²) in [5.41, 5.74) is -0.0410. The minimum Gasteiger partial charge on any atom is -0.389 e. The van der Waals surface area contributed by atoms with Gasteiger partial charge in [-0.15, -0.1) is 0 Å². The predicted octanol–water partition coefficient (Wildman–Crippen LogP) is 0.180. The molecule has 3 atom stereocenters. The van der Waals surface area contributed by atoms with E-state index < -0.39 is 12.8 Å². The summed E-state index contributed by atoms with van der Waals surface area (Å²) in [4.78, 5) is 2.13. The Kier molecular flexibility index (Phi) is 2.30. The van der Waals surface area contributed by atoms with Gasteiger partial charge in [0.25, 0.3) is 0 Å². The largest absolute Gasteiger partial charge is 0.389 e. The van der Waals surface area contributed by atoms with Crippen LogP contribution >= 0.6 is 0 Å². The van der Waals surface area contributed by atoms with Crippen LogP contribution in [0.4, 0.5) is 4.39 Å². The first-order valence-electron chi connectivity index (χ1n) is 4.75. The van der Waals surface area contributed by atoms with E-state index in [2.05, 4.69) is 11.8 Å².